The van der Waals surface area contributed by atoms with Gasteiger partial charge < -0.3 is 19.5 Å². The van der Waals surface area contributed by atoms with Crippen molar-refractivity contribution < 1.29 is 18.4 Å². The molecule has 194 valence electrons. The van der Waals surface area contributed by atoms with Crippen LogP contribution >= 0.6 is 27.7 Å². The van der Waals surface area contributed by atoms with Crippen molar-refractivity contribution in [2.24, 2.45) is 0 Å². The number of hydrogen-bond acceptors (Lipinski definition) is 7. The van der Waals surface area contributed by atoms with Crippen LogP contribution in [0.3, 0.4) is 0 Å². The molecule has 11 heteroatoms. The van der Waals surface area contributed by atoms with Crippen molar-refractivity contribution >= 4 is 50.9 Å². The van der Waals surface area contributed by atoms with Gasteiger partial charge in [-0.1, -0.05) is 45.9 Å². The summed E-state index contributed by atoms with van der Waals surface area (Å²) in [5.74, 6) is -0.464. The van der Waals surface area contributed by atoms with Crippen LogP contribution in [0.15, 0.2) is 86.9 Å². The van der Waals surface area contributed by atoms with Gasteiger partial charge in [-0.2, -0.15) is 0 Å². The number of nitrogens with one attached hydrogen (secondary N) is 1. The number of carbonyl (C=O) groups excluding carboxylic acids is 2. The van der Waals surface area contributed by atoms with Crippen LogP contribution in [-0.4, -0.2) is 58.8 Å². The van der Waals surface area contributed by atoms with Crippen LogP contribution in [-0.2, 0) is 4.79 Å². The summed E-state index contributed by atoms with van der Waals surface area (Å²) in [6.07, 6.45) is 0. The summed E-state index contributed by atoms with van der Waals surface area (Å²) in [6, 6.07) is 21.1. The minimum Gasteiger partial charge on any atom is -0.411 e. The number of thioether (sulfide) groups is 1. The van der Waals surface area contributed by atoms with Gasteiger partial charge in [0.1, 0.15) is 5.82 Å². The van der Waals surface area contributed by atoms with Crippen molar-refractivity contribution in [3.05, 3.63) is 88.6 Å². The molecule has 0 atom stereocenters. The maximum absolute atomic E-state index is 14.0. The van der Waals surface area contributed by atoms with E-state index in [0.717, 1.165) is 15.7 Å². The number of amides is 2. The fourth-order valence-electron chi connectivity index (χ4n) is 4.06. The molecule has 0 radical (unpaired) electrons. The minimum absolute atomic E-state index is 0.100. The smallest absolute Gasteiger partial charge is 0.277 e. The lowest BCUT2D eigenvalue weighted by atomic mass is 10.1. The largest absolute Gasteiger partial charge is 0.411 e. The van der Waals surface area contributed by atoms with Crippen LogP contribution in [0, 0.1) is 5.82 Å². The van der Waals surface area contributed by atoms with Gasteiger partial charge in [0.05, 0.1) is 11.3 Å². The van der Waals surface area contributed by atoms with Gasteiger partial charge in [-0.05, 0) is 54.6 Å². The third kappa shape index (κ3) is 6.22. The lowest BCUT2D eigenvalue weighted by molar-refractivity contribution is -0.113. The molecular weight excluding hydrogens is 573 g/mol. The Labute approximate surface area is 231 Å². The molecule has 0 saturated carbocycles. The molecule has 0 aliphatic carbocycles. The first-order valence-corrected chi connectivity index (χ1v) is 13.6. The predicted octanol–water partition coefficient (Wildman–Crippen LogP) is 5.33. The molecule has 1 fully saturated rings. The Morgan fingerprint density at radius 3 is 2.47 bits per heavy atom. The van der Waals surface area contributed by atoms with Gasteiger partial charge in [0.15, 0.2) is 0 Å². The second-order valence-corrected chi connectivity index (χ2v) is 10.4. The Bertz CT molecular complexity index is 1440. The Morgan fingerprint density at radius 1 is 0.974 bits per heavy atom. The van der Waals surface area contributed by atoms with Crippen molar-refractivity contribution in [2.75, 3.05) is 42.1 Å². The molecule has 1 aliphatic rings. The zero-order valence-electron chi connectivity index (χ0n) is 20.1. The van der Waals surface area contributed by atoms with Crippen LogP contribution in [0.1, 0.15) is 10.4 Å². The highest BCUT2D eigenvalue weighted by Crippen LogP contribution is 2.26. The molecule has 4 aromatic rings. The molecule has 0 bridgehead atoms. The van der Waals surface area contributed by atoms with Gasteiger partial charge in [0.25, 0.3) is 11.1 Å². The molecule has 38 heavy (non-hydrogen) atoms. The second-order valence-electron chi connectivity index (χ2n) is 8.53. The summed E-state index contributed by atoms with van der Waals surface area (Å²) in [5.41, 5.74) is 2.55. The van der Waals surface area contributed by atoms with E-state index < -0.39 is 5.82 Å². The molecule has 8 nitrogen and oxygen atoms in total. The average molecular weight is 596 g/mol. The zero-order valence-corrected chi connectivity index (χ0v) is 22.5. The summed E-state index contributed by atoms with van der Waals surface area (Å²) >= 11 is 4.58. The number of carbonyl (C=O) groups is 2. The Balaban J connectivity index is 1.09. The molecule has 1 aliphatic heterocycles. The van der Waals surface area contributed by atoms with Gasteiger partial charge in [-0.15, -0.1) is 10.2 Å². The van der Waals surface area contributed by atoms with E-state index in [2.05, 4.69) is 36.3 Å². The molecule has 5 rings (SSSR count). The molecular formula is C27H23BrFN5O3S. The predicted molar refractivity (Wildman–Crippen MR) is 148 cm³/mol. The zero-order chi connectivity index (χ0) is 26.5. The average Bonchev–Trinajstić information content (AvgIpc) is 3.42. The monoisotopic (exact) mass is 595 g/mol. The SMILES string of the molecule is O=C(CSc1nnc(-c2cccc(Br)c2)o1)Nc1ccc(N2CCN(C(=O)c3ccccc3F)CC2)cc1. The fourth-order valence-corrected chi connectivity index (χ4v) is 5.02. The lowest BCUT2D eigenvalue weighted by Gasteiger charge is -2.36. The van der Waals surface area contributed by atoms with Crippen LogP contribution in [0.4, 0.5) is 15.8 Å². The molecule has 0 spiro atoms. The molecule has 2 amide bonds. The Kier molecular flexibility index (Phi) is 8.04. The first kappa shape index (κ1) is 25.9. The van der Waals surface area contributed by atoms with E-state index in [-0.39, 0.29) is 23.1 Å². The number of hydrogen-bond donors (Lipinski definition) is 1. The van der Waals surface area contributed by atoms with Crippen LogP contribution in [0.2, 0.25) is 0 Å². The molecule has 1 aromatic heterocycles. The van der Waals surface area contributed by atoms with E-state index in [1.54, 1.807) is 17.0 Å². The Hall–Kier alpha value is -3.70. The van der Waals surface area contributed by atoms with Crippen molar-refractivity contribution in [3.63, 3.8) is 0 Å². The van der Waals surface area contributed by atoms with Gasteiger partial charge in [-0.25, -0.2) is 4.39 Å². The summed E-state index contributed by atoms with van der Waals surface area (Å²) in [6.45, 7) is 2.27. The quantitative estimate of drug-likeness (QED) is 0.289. The van der Waals surface area contributed by atoms with Gasteiger partial charge in [0.2, 0.25) is 11.8 Å². The second kappa shape index (κ2) is 11.8. The number of anilines is 2. The molecule has 3 aromatic carbocycles. The van der Waals surface area contributed by atoms with Gasteiger partial charge >= 0.3 is 0 Å². The first-order chi connectivity index (χ1) is 18.5. The summed E-state index contributed by atoms with van der Waals surface area (Å²) < 4.78 is 20.5. The number of benzene rings is 3. The van der Waals surface area contributed by atoms with Crippen LogP contribution in [0.5, 0.6) is 0 Å². The highest BCUT2D eigenvalue weighted by Gasteiger charge is 2.24. The number of piperazine rings is 1. The van der Waals surface area contributed by atoms with Gasteiger partial charge in [0, 0.05) is 47.6 Å². The molecule has 0 unspecified atom stereocenters. The van der Waals surface area contributed by atoms with Crippen molar-refractivity contribution in [1.29, 1.82) is 0 Å². The number of aromatic nitrogens is 2. The maximum Gasteiger partial charge on any atom is 0.277 e. The Morgan fingerprint density at radius 2 is 1.74 bits per heavy atom. The van der Waals surface area contributed by atoms with Crippen LogP contribution < -0.4 is 10.2 Å². The van der Waals surface area contributed by atoms with E-state index in [0.29, 0.717) is 43.0 Å². The van der Waals surface area contributed by atoms with Crippen LogP contribution in [0.25, 0.3) is 11.5 Å². The number of nitrogens with zero attached hydrogens (tertiary/aromatic N) is 4. The van der Waals surface area contributed by atoms with E-state index in [1.807, 2.05) is 48.5 Å². The highest BCUT2D eigenvalue weighted by molar-refractivity contribution is 9.10. The summed E-state index contributed by atoms with van der Waals surface area (Å²) in [7, 11) is 0. The standard InChI is InChI=1S/C27H23BrFN5O3S/c28-19-5-3-4-18(16-19)25-31-32-27(37-25)38-17-24(35)30-20-8-10-21(11-9-20)33-12-14-34(15-13-33)26(36)22-6-1-2-7-23(22)29/h1-11,16H,12-15,17H2,(H,30,35). The number of halogens is 2. The first-order valence-electron chi connectivity index (χ1n) is 11.9. The molecule has 1 saturated heterocycles. The summed E-state index contributed by atoms with van der Waals surface area (Å²) in [4.78, 5) is 28.9. The van der Waals surface area contributed by atoms with E-state index in [4.69, 9.17) is 4.42 Å². The number of rotatable bonds is 7. The van der Waals surface area contributed by atoms with E-state index in [1.165, 1.54) is 23.9 Å². The molecule has 1 N–H and O–H groups in total. The van der Waals surface area contributed by atoms with Gasteiger partial charge in [-0.3, -0.25) is 9.59 Å². The van der Waals surface area contributed by atoms with E-state index in [9.17, 15) is 14.0 Å². The normalized spacial score (nSPS) is 13.4. The summed E-state index contributed by atoms with van der Waals surface area (Å²) in [5, 5.41) is 11.2. The highest BCUT2D eigenvalue weighted by atomic mass is 79.9. The van der Waals surface area contributed by atoms with Crippen molar-refractivity contribution in [3.8, 4) is 11.5 Å². The third-order valence-electron chi connectivity index (χ3n) is 5.99. The maximum atomic E-state index is 14.0. The topological polar surface area (TPSA) is 91.6 Å². The van der Waals surface area contributed by atoms with Crippen molar-refractivity contribution in [1.82, 2.24) is 15.1 Å². The van der Waals surface area contributed by atoms with Crippen molar-refractivity contribution in [2.45, 2.75) is 5.22 Å². The third-order valence-corrected chi connectivity index (χ3v) is 7.30. The minimum atomic E-state index is -0.501. The molecule has 2 heterocycles. The van der Waals surface area contributed by atoms with E-state index >= 15 is 0 Å². The fraction of sp³-hybridized carbons (Fsp3) is 0.185. The lowest BCUT2D eigenvalue weighted by Crippen LogP contribution is -2.49.